The monoisotopic (exact) mass is 225 g/mol. The van der Waals surface area contributed by atoms with Crippen LogP contribution >= 0.6 is 11.8 Å². The van der Waals surface area contributed by atoms with E-state index in [-0.39, 0.29) is 11.8 Å². The lowest BCUT2D eigenvalue weighted by atomic mass is 10.3. The number of carboxylic acid groups (broad SMARTS) is 1. The highest BCUT2D eigenvalue weighted by atomic mass is 32.2. The molecule has 15 heavy (non-hydrogen) atoms. The average Bonchev–Trinajstić information content (AvgIpc) is 3.01. The predicted octanol–water partition coefficient (Wildman–Crippen LogP) is 2.04. The average molecular weight is 225 g/mol. The second-order valence-electron chi connectivity index (χ2n) is 3.34. The van der Waals surface area contributed by atoms with Crippen molar-refractivity contribution < 1.29 is 14.6 Å². The van der Waals surface area contributed by atoms with E-state index in [0.29, 0.717) is 5.75 Å². The summed E-state index contributed by atoms with van der Waals surface area (Å²) >= 11 is 1.51. The fourth-order valence-corrected chi connectivity index (χ4v) is 1.62. The maximum Gasteiger partial charge on any atom is 0.354 e. The number of carboxylic acids is 1. The third-order valence-electron chi connectivity index (χ3n) is 2.09. The van der Waals surface area contributed by atoms with Crippen LogP contribution in [0.15, 0.2) is 17.2 Å². The van der Waals surface area contributed by atoms with Gasteiger partial charge in [0.05, 0.1) is 11.0 Å². The Balaban J connectivity index is 2.28. The smallest absolute Gasteiger partial charge is 0.354 e. The first kappa shape index (κ1) is 10.3. The Labute approximate surface area is 91.7 Å². The van der Waals surface area contributed by atoms with Crippen LogP contribution in [0.1, 0.15) is 23.3 Å². The normalized spacial score (nSPS) is 15.0. The lowest BCUT2D eigenvalue weighted by molar-refractivity contribution is 0.0689. The molecule has 1 heterocycles. The molecule has 0 amide bonds. The fourth-order valence-electron chi connectivity index (χ4n) is 1.15. The summed E-state index contributed by atoms with van der Waals surface area (Å²) in [6.07, 6.45) is 5.83. The third kappa shape index (κ3) is 2.41. The van der Waals surface area contributed by atoms with Gasteiger partial charge >= 0.3 is 5.97 Å². The third-order valence-corrected chi connectivity index (χ3v) is 2.84. The summed E-state index contributed by atoms with van der Waals surface area (Å²) in [7, 11) is 0. The van der Waals surface area contributed by atoms with E-state index in [1.807, 2.05) is 6.26 Å². The molecule has 1 aliphatic rings. The molecule has 4 nitrogen and oxygen atoms in total. The van der Waals surface area contributed by atoms with Crippen molar-refractivity contribution in [3.05, 3.63) is 18.0 Å². The van der Waals surface area contributed by atoms with Gasteiger partial charge in [-0.2, -0.15) is 0 Å². The van der Waals surface area contributed by atoms with Crippen molar-refractivity contribution in [2.24, 2.45) is 0 Å². The zero-order valence-electron chi connectivity index (χ0n) is 8.27. The number of aromatic nitrogens is 1. The Bertz CT molecular complexity index is 390. The molecule has 1 aliphatic carbocycles. The van der Waals surface area contributed by atoms with Crippen molar-refractivity contribution >= 4 is 17.7 Å². The summed E-state index contributed by atoms with van der Waals surface area (Å²) in [5, 5.41) is 8.80. The predicted molar refractivity (Wildman–Crippen MR) is 56.6 cm³/mol. The largest absolute Gasteiger partial charge is 0.489 e. The lowest BCUT2D eigenvalue weighted by Gasteiger charge is -2.08. The Morgan fingerprint density at radius 3 is 2.93 bits per heavy atom. The molecular weight excluding hydrogens is 214 g/mol. The van der Waals surface area contributed by atoms with Crippen LogP contribution in [0, 0.1) is 0 Å². The molecule has 0 bridgehead atoms. The van der Waals surface area contributed by atoms with Crippen LogP contribution in [-0.2, 0) is 0 Å². The highest BCUT2D eigenvalue weighted by Gasteiger charge is 2.25. The number of carbonyl (C=O) groups is 1. The van der Waals surface area contributed by atoms with Crippen molar-refractivity contribution in [2.75, 3.05) is 6.26 Å². The number of aromatic carboxylic acids is 1. The maximum atomic E-state index is 10.7. The maximum absolute atomic E-state index is 10.7. The van der Waals surface area contributed by atoms with Gasteiger partial charge in [-0.15, -0.1) is 11.8 Å². The van der Waals surface area contributed by atoms with Gasteiger partial charge in [-0.05, 0) is 19.1 Å². The molecule has 2 rings (SSSR count). The summed E-state index contributed by atoms with van der Waals surface area (Å²) in [6, 6.07) is 1.49. The van der Waals surface area contributed by atoms with E-state index in [0.717, 1.165) is 17.7 Å². The summed E-state index contributed by atoms with van der Waals surface area (Å²) < 4.78 is 5.61. The minimum atomic E-state index is -1.02. The van der Waals surface area contributed by atoms with Gasteiger partial charge in [0.25, 0.3) is 0 Å². The Hall–Kier alpha value is -1.23. The first-order chi connectivity index (χ1) is 7.20. The number of thioether (sulfide) groups is 1. The molecule has 80 valence electrons. The van der Waals surface area contributed by atoms with E-state index in [2.05, 4.69) is 4.98 Å². The van der Waals surface area contributed by atoms with Crippen LogP contribution in [0.25, 0.3) is 0 Å². The number of pyridine rings is 1. The van der Waals surface area contributed by atoms with Crippen LogP contribution in [0.4, 0.5) is 0 Å². The van der Waals surface area contributed by atoms with Crippen molar-refractivity contribution in [2.45, 2.75) is 23.8 Å². The van der Waals surface area contributed by atoms with Gasteiger partial charge in [0.15, 0.2) is 5.69 Å². The van der Waals surface area contributed by atoms with Gasteiger partial charge in [0.1, 0.15) is 5.75 Å². The Morgan fingerprint density at radius 1 is 1.67 bits per heavy atom. The first-order valence-corrected chi connectivity index (χ1v) is 5.87. The zero-order chi connectivity index (χ0) is 10.8. The molecule has 1 saturated carbocycles. The van der Waals surface area contributed by atoms with Crippen molar-refractivity contribution in [3.8, 4) is 5.75 Å². The molecule has 1 fully saturated rings. The number of nitrogens with zero attached hydrogens (tertiary/aromatic N) is 1. The Morgan fingerprint density at radius 2 is 2.40 bits per heavy atom. The zero-order valence-corrected chi connectivity index (χ0v) is 9.08. The quantitative estimate of drug-likeness (QED) is 0.794. The van der Waals surface area contributed by atoms with Gasteiger partial charge in [0.2, 0.25) is 0 Å². The standard InChI is InChI=1S/C10H11NO3S/c1-15-9-5-11-7(10(12)13)4-8(9)14-6-2-3-6/h4-6H,2-3H2,1H3,(H,12,13). The molecule has 0 atom stereocenters. The van der Waals surface area contributed by atoms with Crippen LogP contribution in [0.3, 0.4) is 0 Å². The Kier molecular flexibility index (Phi) is 2.81. The topological polar surface area (TPSA) is 59.4 Å². The van der Waals surface area contributed by atoms with Crippen LogP contribution in [0.5, 0.6) is 5.75 Å². The highest BCUT2D eigenvalue weighted by molar-refractivity contribution is 7.98. The number of ether oxygens (including phenoxy) is 1. The molecule has 0 unspecified atom stereocenters. The van der Waals surface area contributed by atoms with Crippen molar-refractivity contribution in [1.29, 1.82) is 0 Å². The molecule has 1 aromatic heterocycles. The van der Waals surface area contributed by atoms with Crippen molar-refractivity contribution in [3.63, 3.8) is 0 Å². The van der Waals surface area contributed by atoms with E-state index >= 15 is 0 Å². The fraction of sp³-hybridized carbons (Fsp3) is 0.400. The summed E-state index contributed by atoms with van der Waals surface area (Å²) in [6.45, 7) is 0. The lowest BCUT2D eigenvalue weighted by Crippen LogP contribution is -2.03. The molecule has 0 spiro atoms. The summed E-state index contributed by atoms with van der Waals surface area (Å²) in [5.41, 5.74) is 0.0310. The van der Waals surface area contributed by atoms with Crippen LogP contribution in [0.2, 0.25) is 0 Å². The van der Waals surface area contributed by atoms with E-state index in [9.17, 15) is 4.79 Å². The van der Waals surface area contributed by atoms with Gasteiger partial charge in [-0.1, -0.05) is 0 Å². The van der Waals surface area contributed by atoms with Gasteiger partial charge < -0.3 is 9.84 Å². The van der Waals surface area contributed by atoms with Crippen molar-refractivity contribution in [1.82, 2.24) is 4.98 Å². The van der Waals surface area contributed by atoms with Crippen LogP contribution in [-0.4, -0.2) is 28.4 Å². The van der Waals surface area contributed by atoms with Crippen LogP contribution < -0.4 is 4.74 Å². The number of hydrogen-bond acceptors (Lipinski definition) is 4. The molecule has 0 radical (unpaired) electrons. The molecule has 5 heteroatoms. The van der Waals surface area contributed by atoms with Gasteiger partial charge in [-0.3, -0.25) is 0 Å². The first-order valence-electron chi connectivity index (χ1n) is 4.64. The molecule has 1 aromatic rings. The second-order valence-corrected chi connectivity index (χ2v) is 4.19. The molecule has 1 N–H and O–H groups in total. The second kappa shape index (κ2) is 4.10. The van der Waals surface area contributed by atoms with Gasteiger partial charge in [-0.25, -0.2) is 9.78 Å². The number of hydrogen-bond donors (Lipinski definition) is 1. The van der Waals surface area contributed by atoms with E-state index in [4.69, 9.17) is 9.84 Å². The summed E-state index contributed by atoms with van der Waals surface area (Å²) in [5.74, 6) is -0.388. The van der Waals surface area contributed by atoms with E-state index < -0.39 is 5.97 Å². The minimum absolute atomic E-state index is 0.0310. The molecule has 0 saturated heterocycles. The molecule has 0 aliphatic heterocycles. The number of rotatable bonds is 4. The molecular formula is C10H11NO3S. The SMILES string of the molecule is CSc1cnc(C(=O)O)cc1OC1CC1. The molecule has 0 aromatic carbocycles. The van der Waals surface area contributed by atoms with Gasteiger partial charge in [0, 0.05) is 12.3 Å². The van der Waals surface area contributed by atoms with E-state index in [1.165, 1.54) is 17.8 Å². The summed E-state index contributed by atoms with van der Waals surface area (Å²) in [4.78, 5) is 15.4. The highest BCUT2D eigenvalue weighted by Crippen LogP contribution is 2.33. The minimum Gasteiger partial charge on any atom is -0.489 e. The van der Waals surface area contributed by atoms with E-state index in [1.54, 1.807) is 6.20 Å².